The molecule has 2 aliphatic rings. The summed E-state index contributed by atoms with van der Waals surface area (Å²) in [5.41, 5.74) is 1.60. The number of ether oxygens (including phenoxy) is 2. The summed E-state index contributed by atoms with van der Waals surface area (Å²) < 4.78 is 46.5. The number of Topliss-reactive ketones (excluding diaryl/α,β-unsaturated/α-hetero) is 2. The number of carbonyl (C=O) groups excluding carboxylic acids is 2. The van der Waals surface area contributed by atoms with Crippen molar-refractivity contribution in [1.29, 1.82) is 0 Å². The van der Waals surface area contributed by atoms with Gasteiger partial charge in [-0.3, -0.25) is 9.59 Å². The molecule has 4 rings (SSSR count). The monoisotopic (exact) mass is 418 g/mol. The maximum Gasteiger partial charge on any atom is 0.573 e. The number of aryl methyl sites for hydroxylation is 1. The number of carbonyl (C=O) groups is 2. The average Bonchev–Trinajstić information content (AvgIpc) is 3.15. The Morgan fingerprint density at radius 3 is 2.03 bits per heavy atom. The van der Waals surface area contributed by atoms with Gasteiger partial charge in [-0.25, -0.2) is 0 Å². The molecule has 2 aromatic rings. The summed E-state index contributed by atoms with van der Waals surface area (Å²) >= 11 is 0. The molecule has 0 heterocycles. The molecular weight excluding hydrogens is 397 g/mol. The van der Waals surface area contributed by atoms with Gasteiger partial charge in [-0.15, -0.1) is 13.2 Å². The van der Waals surface area contributed by atoms with Gasteiger partial charge in [0.05, 0.1) is 0 Å². The van der Waals surface area contributed by atoms with Crippen LogP contribution in [0.15, 0.2) is 42.5 Å². The summed E-state index contributed by atoms with van der Waals surface area (Å²) in [6, 6.07) is 10.3. The fourth-order valence-corrected chi connectivity index (χ4v) is 4.49. The highest BCUT2D eigenvalue weighted by molar-refractivity contribution is 6.12. The summed E-state index contributed by atoms with van der Waals surface area (Å²) in [6.45, 7) is 1.96. The molecule has 2 bridgehead atoms. The summed E-state index contributed by atoms with van der Waals surface area (Å²) in [6.07, 6.45) is -1.87. The molecule has 30 heavy (non-hydrogen) atoms. The minimum absolute atomic E-state index is 0.00532. The molecule has 4 nitrogen and oxygen atoms in total. The molecule has 2 aliphatic carbocycles. The highest BCUT2D eigenvalue weighted by Crippen LogP contribution is 2.45. The number of fused-ring (bicyclic) bond motifs is 2. The second kappa shape index (κ2) is 7.78. The zero-order chi connectivity index (χ0) is 21.5. The van der Waals surface area contributed by atoms with Gasteiger partial charge in [-0.2, -0.15) is 0 Å². The third kappa shape index (κ3) is 4.06. The van der Waals surface area contributed by atoms with E-state index < -0.39 is 12.3 Å². The van der Waals surface area contributed by atoms with Crippen LogP contribution in [0.1, 0.15) is 43.2 Å². The zero-order valence-corrected chi connectivity index (χ0v) is 16.4. The highest BCUT2D eigenvalue weighted by atomic mass is 19.4. The van der Waals surface area contributed by atoms with Crippen molar-refractivity contribution in [2.45, 2.75) is 44.9 Å². The van der Waals surface area contributed by atoms with Crippen LogP contribution in [0.2, 0.25) is 0 Å². The molecular formula is C23H21F3O4. The van der Waals surface area contributed by atoms with E-state index in [2.05, 4.69) is 4.74 Å². The van der Waals surface area contributed by atoms with E-state index in [-0.39, 0.29) is 29.2 Å². The number of rotatable bonds is 5. The van der Waals surface area contributed by atoms with Crippen molar-refractivity contribution >= 4 is 11.6 Å². The number of hydrogen-bond acceptors (Lipinski definition) is 4. The molecule has 0 radical (unpaired) electrons. The molecule has 0 N–H and O–H groups in total. The van der Waals surface area contributed by atoms with Gasteiger partial charge in [-0.05, 0) is 73.2 Å². The van der Waals surface area contributed by atoms with Gasteiger partial charge in [0.25, 0.3) is 0 Å². The summed E-state index contributed by atoms with van der Waals surface area (Å²) in [5, 5.41) is 0. The van der Waals surface area contributed by atoms with Crippen molar-refractivity contribution in [3.63, 3.8) is 0 Å². The van der Waals surface area contributed by atoms with Gasteiger partial charge in [0.15, 0.2) is 11.6 Å². The molecule has 2 saturated carbocycles. The highest BCUT2D eigenvalue weighted by Gasteiger charge is 2.47. The molecule has 2 fully saturated rings. The Balaban J connectivity index is 1.59. The molecule has 0 aromatic heterocycles. The van der Waals surface area contributed by atoms with Gasteiger partial charge in [0, 0.05) is 11.8 Å². The van der Waals surface area contributed by atoms with Gasteiger partial charge in [-0.1, -0.05) is 13.0 Å². The van der Waals surface area contributed by atoms with E-state index in [9.17, 15) is 22.8 Å². The second-order valence-electron chi connectivity index (χ2n) is 7.78. The van der Waals surface area contributed by atoms with Crippen LogP contribution in [0.4, 0.5) is 13.2 Å². The topological polar surface area (TPSA) is 52.6 Å². The van der Waals surface area contributed by atoms with E-state index in [1.807, 2.05) is 13.0 Å². The number of alkyl halides is 3. The van der Waals surface area contributed by atoms with Crippen LogP contribution < -0.4 is 9.47 Å². The maximum absolute atomic E-state index is 12.9. The normalized spacial score (nSPS) is 23.5. The maximum atomic E-state index is 12.9. The lowest BCUT2D eigenvalue weighted by Crippen LogP contribution is -2.35. The summed E-state index contributed by atoms with van der Waals surface area (Å²) in [5.74, 6) is -0.459. The standard InChI is InChI=1S/C23H21F3O4/c1-2-13-5-6-18(29-16-7-9-17(10-8-16)30-23(24,25)26)12-19(13)20-21(27)14-3-4-15(11-14)22(20)28/h5-10,12,14-15,20H,2-4,11H2,1H3/t14-,15+,20?. The van der Waals surface area contributed by atoms with E-state index in [4.69, 9.17) is 4.74 Å². The fraction of sp³-hybridized carbons (Fsp3) is 0.391. The smallest absolute Gasteiger partial charge is 0.457 e. The van der Waals surface area contributed by atoms with Crippen LogP contribution >= 0.6 is 0 Å². The molecule has 3 atom stereocenters. The van der Waals surface area contributed by atoms with Crippen LogP contribution in [0.5, 0.6) is 17.2 Å². The predicted molar refractivity (Wildman–Crippen MR) is 103 cm³/mol. The van der Waals surface area contributed by atoms with Crippen LogP contribution in [-0.2, 0) is 16.0 Å². The number of hydrogen-bond donors (Lipinski definition) is 0. The lowest BCUT2D eigenvalue weighted by Gasteiger charge is -2.27. The van der Waals surface area contributed by atoms with Gasteiger partial charge in [0.2, 0.25) is 0 Å². The predicted octanol–water partition coefficient (Wildman–Crippen LogP) is 5.59. The van der Waals surface area contributed by atoms with Crippen LogP contribution in [0.25, 0.3) is 0 Å². The molecule has 0 amide bonds. The van der Waals surface area contributed by atoms with Crippen LogP contribution in [0, 0.1) is 11.8 Å². The first-order valence-corrected chi connectivity index (χ1v) is 9.99. The third-order valence-electron chi connectivity index (χ3n) is 5.91. The fourth-order valence-electron chi connectivity index (χ4n) is 4.49. The lowest BCUT2D eigenvalue weighted by molar-refractivity contribution is -0.274. The van der Waals surface area contributed by atoms with Crippen LogP contribution in [0.3, 0.4) is 0 Å². The molecule has 0 aliphatic heterocycles. The first-order chi connectivity index (χ1) is 14.2. The van der Waals surface area contributed by atoms with Gasteiger partial charge < -0.3 is 9.47 Å². The summed E-state index contributed by atoms with van der Waals surface area (Å²) in [7, 11) is 0. The average molecular weight is 418 g/mol. The number of ketones is 2. The Bertz CT molecular complexity index is 943. The van der Waals surface area contributed by atoms with E-state index in [1.165, 1.54) is 12.1 Å². The summed E-state index contributed by atoms with van der Waals surface area (Å²) in [4.78, 5) is 25.8. The van der Waals surface area contributed by atoms with E-state index in [1.54, 1.807) is 12.1 Å². The van der Waals surface area contributed by atoms with Gasteiger partial charge in [0.1, 0.15) is 23.2 Å². The molecule has 0 saturated heterocycles. The van der Waals surface area contributed by atoms with Crippen LogP contribution in [-0.4, -0.2) is 17.9 Å². The van der Waals surface area contributed by atoms with Crippen molar-refractivity contribution in [3.05, 3.63) is 53.6 Å². The Kier molecular flexibility index (Phi) is 5.30. The molecule has 0 spiro atoms. The largest absolute Gasteiger partial charge is 0.573 e. The van der Waals surface area contributed by atoms with Crippen molar-refractivity contribution < 1.29 is 32.2 Å². The Morgan fingerprint density at radius 2 is 1.47 bits per heavy atom. The Labute approximate surface area is 172 Å². The van der Waals surface area contributed by atoms with E-state index in [0.717, 1.165) is 30.5 Å². The van der Waals surface area contributed by atoms with Crippen molar-refractivity contribution in [3.8, 4) is 17.2 Å². The third-order valence-corrected chi connectivity index (χ3v) is 5.91. The van der Waals surface area contributed by atoms with Crippen molar-refractivity contribution in [1.82, 2.24) is 0 Å². The first-order valence-electron chi connectivity index (χ1n) is 9.99. The minimum Gasteiger partial charge on any atom is -0.457 e. The lowest BCUT2D eigenvalue weighted by atomic mass is 9.74. The molecule has 1 unspecified atom stereocenters. The molecule has 158 valence electrons. The number of benzene rings is 2. The van der Waals surface area contributed by atoms with Gasteiger partial charge >= 0.3 is 6.36 Å². The molecule has 7 heteroatoms. The zero-order valence-electron chi connectivity index (χ0n) is 16.4. The van der Waals surface area contributed by atoms with E-state index >= 15 is 0 Å². The Hall–Kier alpha value is -2.83. The SMILES string of the molecule is CCc1ccc(Oc2ccc(OC(F)(F)F)cc2)cc1C1C(=O)[C@@H]2CC[C@@H](C2)C1=O. The van der Waals surface area contributed by atoms with Crippen molar-refractivity contribution in [2.24, 2.45) is 11.8 Å². The van der Waals surface area contributed by atoms with E-state index in [0.29, 0.717) is 29.9 Å². The number of halogens is 3. The molecule has 2 aromatic carbocycles. The first kappa shape index (κ1) is 20.4. The second-order valence-corrected chi connectivity index (χ2v) is 7.78. The quantitative estimate of drug-likeness (QED) is 0.594. The Morgan fingerprint density at radius 1 is 0.900 bits per heavy atom. The minimum atomic E-state index is -4.76. The van der Waals surface area contributed by atoms with Crippen molar-refractivity contribution in [2.75, 3.05) is 0 Å².